The van der Waals surface area contributed by atoms with Crippen LogP contribution in [-0.4, -0.2) is 22.8 Å². The second-order valence-electron chi connectivity index (χ2n) is 7.46. The molecule has 0 aromatic heterocycles. The fourth-order valence-corrected chi connectivity index (χ4v) is 4.67. The summed E-state index contributed by atoms with van der Waals surface area (Å²) >= 11 is 0. The Kier molecular flexibility index (Phi) is 4.86. The highest BCUT2D eigenvalue weighted by atomic mass is 19.3. The molecule has 0 spiro atoms. The van der Waals surface area contributed by atoms with Crippen molar-refractivity contribution in [1.29, 1.82) is 0 Å². The molecule has 2 aromatic carbocycles. The number of carbonyl (C=O) groups excluding carboxylic acids is 1. The van der Waals surface area contributed by atoms with E-state index in [0.717, 1.165) is 32.2 Å². The lowest BCUT2D eigenvalue weighted by atomic mass is 9.83. The van der Waals surface area contributed by atoms with Crippen molar-refractivity contribution in [3.63, 3.8) is 0 Å². The smallest absolute Gasteiger partial charge is 0.264 e. The summed E-state index contributed by atoms with van der Waals surface area (Å²) in [6.07, 6.45) is 1.14. The summed E-state index contributed by atoms with van der Waals surface area (Å²) in [4.78, 5) is 15.5. The number of benzene rings is 2. The summed E-state index contributed by atoms with van der Waals surface area (Å²) in [7, 11) is 0. The van der Waals surface area contributed by atoms with Crippen LogP contribution >= 0.6 is 0 Å². The van der Waals surface area contributed by atoms with Crippen LogP contribution in [0.5, 0.6) is 0 Å². The molecule has 4 rings (SSSR count). The van der Waals surface area contributed by atoms with Crippen LogP contribution in [0.2, 0.25) is 0 Å². The van der Waals surface area contributed by atoms with Gasteiger partial charge in [0.2, 0.25) is 0 Å². The number of Topliss-reactive ketones (excluding diaryl/α,β-unsaturated/α-hetero) is 1. The number of ketones is 1. The molecule has 2 heterocycles. The van der Waals surface area contributed by atoms with Gasteiger partial charge in [-0.1, -0.05) is 54.6 Å². The van der Waals surface area contributed by atoms with E-state index in [1.54, 1.807) is 18.2 Å². The molecule has 0 N–H and O–H groups in total. The van der Waals surface area contributed by atoms with E-state index in [4.69, 9.17) is 0 Å². The normalized spacial score (nSPS) is 25.6. The Balaban J connectivity index is 1.50. The van der Waals surface area contributed by atoms with Crippen molar-refractivity contribution in [3.05, 3.63) is 71.3 Å². The van der Waals surface area contributed by atoms with Gasteiger partial charge in [-0.25, -0.2) is 8.78 Å². The van der Waals surface area contributed by atoms with Crippen LogP contribution in [0.15, 0.2) is 54.6 Å². The Bertz CT molecular complexity index is 763. The zero-order valence-electron chi connectivity index (χ0n) is 14.7. The fraction of sp³-hybridized carbons (Fsp3) is 0.409. The number of piperidine rings is 1. The molecule has 2 bridgehead atoms. The molecule has 4 heteroatoms. The molecule has 2 aliphatic rings. The third-order valence-electron chi connectivity index (χ3n) is 5.92. The van der Waals surface area contributed by atoms with E-state index in [2.05, 4.69) is 29.2 Å². The molecule has 26 heavy (non-hydrogen) atoms. The van der Waals surface area contributed by atoms with Gasteiger partial charge in [0.15, 0.2) is 5.78 Å². The number of alkyl halides is 2. The van der Waals surface area contributed by atoms with Gasteiger partial charge in [0.05, 0.1) is 0 Å². The first kappa shape index (κ1) is 17.3. The van der Waals surface area contributed by atoms with Gasteiger partial charge in [-0.2, -0.15) is 0 Å². The van der Waals surface area contributed by atoms with Crippen molar-refractivity contribution in [1.82, 2.24) is 4.90 Å². The molecular formula is C22H23F2NO. The topological polar surface area (TPSA) is 20.3 Å². The zero-order chi connectivity index (χ0) is 18.1. The number of hydrogen-bond acceptors (Lipinski definition) is 2. The van der Waals surface area contributed by atoms with Crippen molar-refractivity contribution in [3.8, 4) is 0 Å². The van der Waals surface area contributed by atoms with Crippen molar-refractivity contribution in [2.24, 2.45) is 5.92 Å². The molecule has 2 atom stereocenters. The van der Waals surface area contributed by atoms with E-state index < -0.39 is 6.43 Å². The van der Waals surface area contributed by atoms with Gasteiger partial charge in [0.1, 0.15) is 0 Å². The minimum absolute atomic E-state index is 0.0999. The number of halogens is 2. The molecule has 136 valence electrons. The maximum absolute atomic E-state index is 13.3. The highest BCUT2D eigenvalue weighted by molar-refractivity contribution is 5.99. The van der Waals surface area contributed by atoms with Crippen molar-refractivity contribution in [2.75, 3.05) is 0 Å². The number of hydrogen-bond donors (Lipinski definition) is 0. The summed E-state index contributed by atoms with van der Waals surface area (Å²) in [6.45, 7) is 0.907. The average Bonchev–Trinajstić information content (AvgIpc) is 2.90. The van der Waals surface area contributed by atoms with Gasteiger partial charge in [0, 0.05) is 35.7 Å². The Morgan fingerprint density at radius 2 is 1.58 bits per heavy atom. The summed E-state index contributed by atoms with van der Waals surface area (Å²) in [5.41, 5.74) is 1.37. The van der Waals surface area contributed by atoms with Crippen LogP contribution < -0.4 is 0 Å². The second-order valence-corrected chi connectivity index (χ2v) is 7.46. The molecular weight excluding hydrogens is 332 g/mol. The molecule has 0 saturated carbocycles. The highest BCUT2D eigenvalue weighted by Gasteiger charge is 2.43. The first-order valence-electron chi connectivity index (χ1n) is 9.34. The van der Waals surface area contributed by atoms with E-state index in [1.165, 1.54) is 11.6 Å². The Morgan fingerprint density at radius 1 is 0.962 bits per heavy atom. The van der Waals surface area contributed by atoms with E-state index in [-0.39, 0.29) is 22.8 Å². The summed E-state index contributed by atoms with van der Waals surface area (Å²) in [6, 6.07) is 17.3. The Labute approximate surface area is 152 Å². The van der Waals surface area contributed by atoms with Crippen molar-refractivity contribution >= 4 is 5.78 Å². The number of fused-ring (bicyclic) bond motifs is 2. The van der Waals surface area contributed by atoms with Crippen LogP contribution in [-0.2, 0) is 6.54 Å². The number of carbonyl (C=O) groups is 1. The van der Waals surface area contributed by atoms with Gasteiger partial charge in [-0.05, 0) is 31.2 Å². The third kappa shape index (κ3) is 3.30. The SMILES string of the molecule is O=C(c1ccccc1C(F)F)C1CC2CCC(C1)N2Cc1ccccc1. The maximum Gasteiger partial charge on any atom is 0.264 e. The lowest BCUT2D eigenvalue weighted by Crippen LogP contribution is -2.44. The van der Waals surface area contributed by atoms with Gasteiger partial charge in [-0.3, -0.25) is 9.69 Å². The maximum atomic E-state index is 13.3. The molecule has 0 radical (unpaired) electrons. The number of rotatable bonds is 5. The van der Waals surface area contributed by atoms with Gasteiger partial charge in [0.25, 0.3) is 6.43 Å². The van der Waals surface area contributed by atoms with Crippen LogP contribution in [0.3, 0.4) is 0 Å². The largest absolute Gasteiger partial charge is 0.294 e. The first-order chi connectivity index (χ1) is 12.6. The first-order valence-corrected chi connectivity index (χ1v) is 9.34. The predicted octanol–water partition coefficient (Wildman–Crippen LogP) is 5.25. The van der Waals surface area contributed by atoms with Crippen LogP contribution in [0, 0.1) is 5.92 Å². The second kappa shape index (κ2) is 7.28. The predicted molar refractivity (Wildman–Crippen MR) is 97.2 cm³/mol. The van der Waals surface area contributed by atoms with Gasteiger partial charge in [-0.15, -0.1) is 0 Å². The van der Waals surface area contributed by atoms with Crippen molar-refractivity contribution < 1.29 is 13.6 Å². The minimum atomic E-state index is -2.61. The van der Waals surface area contributed by atoms with E-state index in [0.29, 0.717) is 12.1 Å². The summed E-state index contributed by atoms with van der Waals surface area (Å²) < 4.78 is 26.5. The molecule has 2 nitrogen and oxygen atoms in total. The molecule has 0 aliphatic carbocycles. The molecule has 0 amide bonds. The Morgan fingerprint density at radius 3 is 2.23 bits per heavy atom. The van der Waals surface area contributed by atoms with Crippen LogP contribution in [0.25, 0.3) is 0 Å². The lowest BCUT2D eigenvalue weighted by molar-refractivity contribution is 0.0670. The quantitative estimate of drug-likeness (QED) is 0.683. The van der Waals surface area contributed by atoms with Gasteiger partial charge >= 0.3 is 0 Å². The summed E-state index contributed by atoms with van der Waals surface area (Å²) in [5.74, 6) is -0.239. The fourth-order valence-electron chi connectivity index (χ4n) is 4.67. The van der Waals surface area contributed by atoms with E-state index in [9.17, 15) is 13.6 Å². The zero-order valence-corrected chi connectivity index (χ0v) is 14.7. The molecule has 2 unspecified atom stereocenters. The van der Waals surface area contributed by atoms with E-state index in [1.807, 2.05) is 6.07 Å². The minimum Gasteiger partial charge on any atom is -0.294 e. The molecule has 2 aliphatic heterocycles. The summed E-state index contributed by atoms with van der Waals surface area (Å²) in [5, 5.41) is 0. The molecule has 2 aromatic rings. The standard InChI is InChI=1S/C22H23F2NO/c23-22(24)20-9-5-4-8-19(20)21(26)16-12-17-10-11-18(13-16)25(17)14-15-6-2-1-3-7-15/h1-9,16-18,22H,10-14H2. The lowest BCUT2D eigenvalue weighted by Gasteiger charge is -2.38. The van der Waals surface area contributed by atoms with E-state index >= 15 is 0 Å². The highest BCUT2D eigenvalue weighted by Crippen LogP contribution is 2.41. The van der Waals surface area contributed by atoms with Crippen LogP contribution in [0.4, 0.5) is 8.78 Å². The third-order valence-corrected chi connectivity index (χ3v) is 5.92. The van der Waals surface area contributed by atoms with Crippen LogP contribution in [0.1, 0.15) is 53.6 Å². The average molecular weight is 355 g/mol. The number of nitrogens with zero attached hydrogens (tertiary/aromatic N) is 1. The molecule has 2 saturated heterocycles. The van der Waals surface area contributed by atoms with Crippen molar-refractivity contribution in [2.45, 2.75) is 50.7 Å². The Hall–Kier alpha value is -2.07. The monoisotopic (exact) mass is 355 g/mol. The van der Waals surface area contributed by atoms with Gasteiger partial charge < -0.3 is 0 Å². The molecule has 2 fully saturated rings.